The zero-order valence-electron chi connectivity index (χ0n) is 19.5. The number of hydrogen-bond acceptors (Lipinski definition) is 7. The van der Waals surface area contributed by atoms with E-state index < -0.39 is 20.5 Å². The fourth-order valence-electron chi connectivity index (χ4n) is 3.98. The molecule has 2 N–H and O–H groups in total. The third kappa shape index (κ3) is 5.29. The summed E-state index contributed by atoms with van der Waals surface area (Å²) in [5.41, 5.74) is 3.72. The predicted molar refractivity (Wildman–Crippen MR) is 126 cm³/mol. The quantitative estimate of drug-likeness (QED) is 0.409. The van der Waals surface area contributed by atoms with Crippen molar-refractivity contribution in [2.24, 2.45) is 0 Å². The molecule has 2 heterocycles. The standard InChI is InChI=1S/C24H31N3O6S/c1-3-4-13-27(2)22(28)16-18-5-7-19(8-6-18)21-10-9-20(17-25-21)34(31,32)24(23(29)26-30)11-14-33-15-12-24/h5-10,17,30H,3-4,11-16H2,1-2H3,(H,26,29). The minimum Gasteiger partial charge on any atom is -0.381 e. The van der Waals surface area contributed by atoms with Crippen LogP contribution in [-0.2, 0) is 30.6 Å². The highest BCUT2D eigenvalue weighted by atomic mass is 32.2. The van der Waals surface area contributed by atoms with Gasteiger partial charge in [-0.1, -0.05) is 37.6 Å². The van der Waals surface area contributed by atoms with Crippen LogP contribution in [0.4, 0.5) is 0 Å². The first-order chi connectivity index (χ1) is 16.2. The second-order valence-electron chi connectivity index (χ2n) is 8.47. The van der Waals surface area contributed by atoms with Gasteiger partial charge in [0.15, 0.2) is 14.6 Å². The van der Waals surface area contributed by atoms with Crippen LogP contribution in [0, 0.1) is 0 Å². The van der Waals surface area contributed by atoms with Crippen LogP contribution < -0.4 is 5.48 Å². The predicted octanol–water partition coefficient (Wildman–Crippen LogP) is 2.38. The molecule has 1 aromatic carbocycles. The zero-order valence-corrected chi connectivity index (χ0v) is 20.3. The van der Waals surface area contributed by atoms with Crippen LogP contribution in [0.25, 0.3) is 11.3 Å². The summed E-state index contributed by atoms with van der Waals surface area (Å²) in [7, 11) is -2.32. The molecule has 1 aliphatic heterocycles. The van der Waals surface area contributed by atoms with E-state index in [1.807, 2.05) is 24.3 Å². The second-order valence-corrected chi connectivity index (χ2v) is 10.7. The Balaban J connectivity index is 1.76. The molecule has 0 aliphatic carbocycles. The number of likely N-dealkylation sites (N-methyl/N-ethyl adjacent to an activating group) is 1. The highest BCUT2D eigenvalue weighted by Gasteiger charge is 2.52. The Morgan fingerprint density at radius 2 is 1.82 bits per heavy atom. The van der Waals surface area contributed by atoms with Gasteiger partial charge in [-0.05, 0) is 37.0 Å². The minimum absolute atomic E-state index is 0.0582. The number of unbranched alkanes of at least 4 members (excludes halogenated alkanes) is 1. The lowest BCUT2D eigenvalue weighted by molar-refractivity contribution is -0.134. The van der Waals surface area contributed by atoms with Crippen LogP contribution in [0.2, 0.25) is 0 Å². The van der Waals surface area contributed by atoms with Gasteiger partial charge in [-0.15, -0.1) is 0 Å². The number of hydroxylamine groups is 1. The molecular weight excluding hydrogens is 458 g/mol. The SMILES string of the molecule is CCCCN(C)C(=O)Cc1ccc(-c2ccc(S(=O)(=O)C3(C(=O)NO)CCOCC3)cn2)cc1. The third-order valence-electron chi connectivity index (χ3n) is 6.25. The molecule has 0 atom stereocenters. The monoisotopic (exact) mass is 489 g/mol. The number of pyridine rings is 1. The fraction of sp³-hybridized carbons (Fsp3) is 0.458. The summed E-state index contributed by atoms with van der Waals surface area (Å²) in [6.45, 7) is 3.02. The molecule has 1 aromatic heterocycles. The van der Waals surface area contributed by atoms with Crippen LogP contribution in [0.1, 0.15) is 38.2 Å². The first-order valence-electron chi connectivity index (χ1n) is 11.3. The highest BCUT2D eigenvalue weighted by molar-refractivity contribution is 7.93. The van der Waals surface area contributed by atoms with Crippen molar-refractivity contribution < 1.29 is 28.0 Å². The van der Waals surface area contributed by atoms with Crippen molar-refractivity contribution in [1.29, 1.82) is 0 Å². The molecule has 0 saturated carbocycles. The summed E-state index contributed by atoms with van der Waals surface area (Å²) >= 11 is 0. The van der Waals surface area contributed by atoms with Gasteiger partial charge >= 0.3 is 0 Å². The van der Waals surface area contributed by atoms with Crippen molar-refractivity contribution in [2.75, 3.05) is 26.8 Å². The molecule has 3 rings (SSSR count). The van der Waals surface area contributed by atoms with Gasteiger partial charge in [0, 0.05) is 38.6 Å². The van der Waals surface area contributed by atoms with E-state index in [1.165, 1.54) is 17.7 Å². The lowest BCUT2D eigenvalue weighted by Gasteiger charge is -2.34. The smallest absolute Gasteiger partial charge is 0.265 e. The highest BCUT2D eigenvalue weighted by Crippen LogP contribution is 2.35. The number of nitrogens with zero attached hydrogens (tertiary/aromatic N) is 2. The van der Waals surface area contributed by atoms with E-state index in [4.69, 9.17) is 9.94 Å². The molecule has 1 aliphatic rings. The van der Waals surface area contributed by atoms with Gasteiger partial charge in [0.05, 0.1) is 17.0 Å². The molecule has 0 radical (unpaired) electrons. The summed E-state index contributed by atoms with van der Waals surface area (Å²) in [6, 6.07) is 10.4. The number of ether oxygens (including phenoxy) is 1. The lowest BCUT2D eigenvalue weighted by Crippen LogP contribution is -2.54. The van der Waals surface area contributed by atoms with E-state index in [0.717, 1.165) is 30.5 Å². The summed E-state index contributed by atoms with van der Waals surface area (Å²) in [4.78, 5) is 30.6. The third-order valence-corrected chi connectivity index (χ3v) is 8.74. The molecule has 1 saturated heterocycles. The molecule has 1 fully saturated rings. The van der Waals surface area contributed by atoms with E-state index in [9.17, 15) is 18.0 Å². The van der Waals surface area contributed by atoms with Gasteiger partial charge < -0.3 is 9.64 Å². The molecule has 0 unspecified atom stereocenters. The summed E-state index contributed by atoms with van der Waals surface area (Å²) in [6.07, 6.45) is 3.42. The van der Waals surface area contributed by atoms with Crippen LogP contribution in [-0.4, -0.2) is 66.9 Å². The van der Waals surface area contributed by atoms with E-state index >= 15 is 0 Å². The number of carbonyl (C=O) groups excluding carboxylic acids is 2. The van der Waals surface area contributed by atoms with Crippen molar-refractivity contribution in [3.05, 3.63) is 48.2 Å². The molecule has 34 heavy (non-hydrogen) atoms. The maximum Gasteiger partial charge on any atom is 0.265 e. The van der Waals surface area contributed by atoms with Gasteiger partial charge in [0.25, 0.3) is 5.91 Å². The number of benzene rings is 1. The van der Waals surface area contributed by atoms with Crippen molar-refractivity contribution in [3.63, 3.8) is 0 Å². The van der Waals surface area contributed by atoms with Crippen molar-refractivity contribution in [3.8, 4) is 11.3 Å². The number of carbonyl (C=O) groups is 2. The molecule has 9 nitrogen and oxygen atoms in total. The minimum atomic E-state index is -4.13. The Bertz CT molecular complexity index is 1090. The van der Waals surface area contributed by atoms with Crippen LogP contribution in [0.3, 0.4) is 0 Å². The van der Waals surface area contributed by atoms with E-state index in [1.54, 1.807) is 18.0 Å². The summed E-state index contributed by atoms with van der Waals surface area (Å²) in [5.74, 6) is -0.909. The number of aromatic nitrogens is 1. The lowest BCUT2D eigenvalue weighted by atomic mass is 9.98. The molecule has 2 amide bonds. The Kier molecular flexibility index (Phi) is 8.40. The van der Waals surface area contributed by atoms with E-state index in [2.05, 4.69) is 11.9 Å². The molecular formula is C24H31N3O6S. The van der Waals surface area contributed by atoms with Gasteiger partial charge in [0.2, 0.25) is 5.91 Å². The molecule has 184 valence electrons. The van der Waals surface area contributed by atoms with Crippen LogP contribution in [0.5, 0.6) is 0 Å². The number of rotatable bonds is 9. The first-order valence-corrected chi connectivity index (χ1v) is 12.8. The van der Waals surface area contributed by atoms with Crippen LogP contribution >= 0.6 is 0 Å². The first kappa shape index (κ1) is 25.8. The van der Waals surface area contributed by atoms with E-state index in [-0.39, 0.29) is 36.9 Å². The Labute approximate surface area is 200 Å². The average molecular weight is 490 g/mol. The van der Waals surface area contributed by atoms with Gasteiger partial charge in [-0.2, -0.15) is 0 Å². The van der Waals surface area contributed by atoms with Crippen molar-refractivity contribution in [1.82, 2.24) is 15.4 Å². The molecule has 2 aromatic rings. The van der Waals surface area contributed by atoms with Crippen molar-refractivity contribution in [2.45, 2.75) is 48.7 Å². The molecule has 0 spiro atoms. The number of sulfone groups is 1. The number of amides is 2. The number of nitrogens with one attached hydrogen (secondary N) is 1. The summed E-state index contributed by atoms with van der Waals surface area (Å²) < 4.78 is 30.1. The molecule has 10 heteroatoms. The topological polar surface area (TPSA) is 126 Å². The zero-order chi connectivity index (χ0) is 24.8. The Morgan fingerprint density at radius 3 is 2.38 bits per heavy atom. The number of hydrogen-bond donors (Lipinski definition) is 2. The maximum absolute atomic E-state index is 13.3. The van der Waals surface area contributed by atoms with Gasteiger partial charge in [-0.25, -0.2) is 13.9 Å². The second kappa shape index (κ2) is 11.1. The van der Waals surface area contributed by atoms with E-state index in [0.29, 0.717) is 12.1 Å². The van der Waals surface area contributed by atoms with Gasteiger partial charge in [0.1, 0.15) is 0 Å². The Morgan fingerprint density at radius 1 is 1.15 bits per heavy atom. The molecule has 0 bridgehead atoms. The van der Waals surface area contributed by atoms with Crippen LogP contribution in [0.15, 0.2) is 47.5 Å². The summed E-state index contributed by atoms with van der Waals surface area (Å²) in [5, 5.41) is 9.16. The Hall–Kier alpha value is -2.82. The average Bonchev–Trinajstić information content (AvgIpc) is 2.87. The van der Waals surface area contributed by atoms with Gasteiger partial charge in [-0.3, -0.25) is 19.8 Å². The maximum atomic E-state index is 13.3. The largest absolute Gasteiger partial charge is 0.381 e. The normalized spacial score (nSPS) is 15.5. The van der Waals surface area contributed by atoms with Crippen molar-refractivity contribution >= 4 is 21.7 Å². The fourth-order valence-corrected chi connectivity index (χ4v) is 5.86.